The van der Waals surface area contributed by atoms with E-state index in [0.717, 1.165) is 0 Å². The molecule has 0 nitrogen and oxygen atoms in total. The maximum Gasteiger partial charge on any atom is -0.0280 e. The summed E-state index contributed by atoms with van der Waals surface area (Å²) in [5, 5.41) is 0. The zero-order valence-corrected chi connectivity index (χ0v) is 8.40. The summed E-state index contributed by atoms with van der Waals surface area (Å²) in [6, 6.07) is 0. The molecule has 0 unspecified atom stereocenters. The van der Waals surface area contributed by atoms with E-state index in [1.165, 1.54) is 38.5 Å². The van der Waals surface area contributed by atoms with Crippen molar-refractivity contribution in [3.63, 3.8) is 0 Å². The summed E-state index contributed by atoms with van der Waals surface area (Å²) in [7, 11) is 0. The SMILES string of the molecule is CCCC1=CC=C(CCC)CC1. The first-order chi connectivity index (χ1) is 5.86. The highest BCUT2D eigenvalue weighted by Crippen LogP contribution is 2.24. The number of hydrogen-bond donors (Lipinski definition) is 0. The molecule has 0 atom stereocenters. The van der Waals surface area contributed by atoms with Gasteiger partial charge in [-0.3, -0.25) is 0 Å². The fraction of sp³-hybridized carbons (Fsp3) is 0.667. The molecule has 68 valence electrons. The third kappa shape index (κ3) is 2.84. The number of allylic oxidation sites excluding steroid dienone is 4. The van der Waals surface area contributed by atoms with Gasteiger partial charge in [0.2, 0.25) is 0 Å². The standard InChI is InChI=1S/C12H20/c1-3-5-11-7-9-12(6-4-2)10-8-11/h7,9H,3-6,8,10H2,1-2H3. The third-order valence-corrected chi connectivity index (χ3v) is 2.46. The second-order valence-electron chi connectivity index (χ2n) is 3.65. The smallest absolute Gasteiger partial charge is 0.0280 e. The molecule has 0 spiro atoms. The van der Waals surface area contributed by atoms with Gasteiger partial charge in [0.1, 0.15) is 0 Å². The molecule has 0 saturated heterocycles. The van der Waals surface area contributed by atoms with Gasteiger partial charge >= 0.3 is 0 Å². The van der Waals surface area contributed by atoms with Crippen molar-refractivity contribution in [1.82, 2.24) is 0 Å². The van der Waals surface area contributed by atoms with Gasteiger partial charge in [0.15, 0.2) is 0 Å². The number of hydrogen-bond acceptors (Lipinski definition) is 0. The van der Waals surface area contributed by atoms with Crippen LogP contribution < -0.4 is 0 Å². The van der Waals surface area contributed by atoms with Gasteiger partial charge in [-0.1, -0.05) is 50.0 Å². The van der Waals surface area contributed by atoms with Gasteiger partial charge in [0, 0.05) is 0 Å². The minimum Gasteiger partial charge on any atom is -0.0699 e. The van der Waals surface area contributed by atoms with Gasteiger partial charge in [-0.2, -0.15) is 0 Å². The third-order valence-electron chi connectivity index (χ3n) is 2.46. The fourth-order valence-corrected chi connectivity index (χ4v) is 1.78. The van der Waals surface area contributed by atoms with Crippen LogP contribution in [0, 0.1) is 0 Å². The summed E-state index contributed by atoms with van der Waals surface area (Å²) in [4.78, 5) is 0. The second-order valence-corrected chi connectivity index (χ2v) is 3.65. The van der Waals surface area contributed by atoms with Crippen LogP contribution in [0.15, 0.2) is 23.3 Å². The maximum atomic E-state index is 2.35. The molecule has 1 rings (SSSR count). The molecule has 0 aromatic rings. The first-order valence-electron chi connectivity index (χ1n) is 5.24. The predicted octanol–water partition coefficient (Wildman–Crippen LogP) is 4.23. The normalized spacial score (nSPS) is 17.2. The minimum absolute atomic E-state index is 1.29. The van der Waals surface area contributed by atoms with Gasteiger partial charge in [0.05, 0.1) is 0 Å². The van der Waals surface area contributed by atoms with Crippen LogP contribution in [-0.2, 0) is 0 Å². The quantitative estimate of drug-likeness (QED) is 0.583. The van der Waals surface area contributed by atoms with Crippen LogP contribution >= 0.6 is 0 Å². The first-order valence-corrected chi connectivity index (χ1v) is 5.24. The highest BCUT2D eigenvalue weighted by Gasteiger charge is 2.04. The summed E-state index contributed by atoms with van der Waals surface area (Å²) in [6.45, 7) is 4.51. The van der Waals surface area contributed by atoms with Gasteiger partial charge in [-0.15, -0.1) is 0 Å². The van der Waals surface area contributed by atoms with E-state index in [-0.39, 0.29) is 0 Å². The molecule has 0 heterocycles. The zero-order valence-electron chi connectivity index (χ0n) is 8.40. The molecule has 0 aromatic heterocycles. The Morgan fingerprint density at radius 2 is 1.33 bits per heavy atom. The van der Waals surface area contributed by atoms with Crippen LogP contribution in [0.25, 0.3) is 0 Å². The molecule has 0 radical (unpaired) electrons. The Bertz CT molecular complexity index is 162. The largest absolute Gasteiger partial charge is 0.0699 e. The van der Waals surface area contributed by atoms with Crippen LogP contribution in [0.3, 0.4) is 0 Å². The van der Waals surface area contributed by atoms with Crippen LogP contribution in [0.2, 0.25) is 0 Å². The lowest BCUT2D eigenvalue weighted by molar-refractivity contribution is 0.760. The Hall–Kier alpha value is -0.520. The predicted molar refractivity (Wildman–Crippen MR) is 55.2 cm³/mol. The van der Waals surface area contributed by atoms with Crippen LogP contribution in [0.1, 0.15) is 52.4 Å². The van der Waals surface area contributed by atoms with Crippen molar-refractivity contribution >= 4 is 0 Å². The molecule has 0 aliphatic heterocycles. The van der Waals surface area contributed by atoms with Crippen LogP contribution in [0.4, 0.5) is 0 Å². The van der Waals surface area contributed by atoms with E-state index >= 15 is 0 Å². The van der Waals surface area contributed by atoms with Crippen molar-refractivity contribution < 1.29 is 0 Å². The molecule has 1 aliphatic rings. The molecule has 0 fully saturated rings. The van der Waals surface area contributed by atoms with Crippen molar-refractivity contribution in [2.45, 2.75) is 52.4 Å². The molecule has 12 heavy (non-hydrogen) atoms. The minimum atomic E-state index is 1.29. The van der Waals surface area contributed by atoms with E-state index in [2.05, 4.69) is 26.0 Å². The molecule has 0 N–H and O–H groups in total. The lowest BCUT2D eigenvalue weighted by Crippen LogP contribution is -1.93. The fourth-order valence-electron chi connectivity index (χ4n) is 1.78. The Morgan fingerprint density at radius 3 is 1.58 bits per heavy atom. The molecular formula is C12H20. The maximum absolute atomic E-state index is 2.35. The highest BCUT2D eigenvalue weighted by atomic mass is 14.1. The Balaban J connectivity index is 2.42. The van der Waals surface area contributed by atoms with Crippen LogP contribution in [-0.4, -0.2) is 0 Å². The number of rotatable bonds is 4. The van der Waals surface area contributed by atoms with Gasteiger partial charge in [0.25, 0.3) is 0 Å². The topological polar surface area (TPSA) is 0 Å². The van der Waals surface area contributed by atoms with E-state index in [4.69, 9.17) is 0 Å². The summed E-state index contributed by atoms with van der Waals surface area (Å²) in [5.41, 5.74) is 3.30. The Morgan fingerprint density at radius 1 is 0.917 bits per heavy atom. The van der Waals surface area contributed by atoms with Gasteiger partial charge in [-0.25, -0.2) is 0 Å². The van der Waals surface area contributed by atoms with E-state index in [0.29, 0.717) is 0 Å². The average Bonchev–Trinajstić information content (AvgIpc) is 2.09. The van der Waals surface area contributed by atoms with Crippen molar-refractivity contribution in [2.75, 3.05) is 0 Å². The first kappa shape index (κ1) is 9.57. The lowest BCUT2D eigenvalue weighted by Gasteiger charge is -2.13. The summed E-state index contributed by atoms with van der Waals surface area (Å²) in [5.74, 6) is 0. The molecule has 0 heteroatoms. The lowest BCUT2D eigenvalue weighted by atomic mass is 9.93. The van der Waals surface area contributed by atoms with E-state index in [9.17, 15) is 0 Å². The molecule has 0 amide bonds. The van der Waals surface area contributed by atoms with E-state index in [1.807, 2.05) is 0 Å². The molecular weight excluding hydrogens is 144 g/mol. The van der Waals surface area contributed by atoms with Crippen molar-refractivity contribution in [3.05, 3.63) is 23.3 Å². The van der Waals surface area contributed by atoms with E-state index < -0.39 is 0 Å². The highest BCUT2D eigenvalue weighted by molar-refractivity contribution is 5.23. The van der Waals surface area contributed by atoms with E-state index in [1.54, 1.807) is 11.1 Å². The van der Waals surface area contributed by atoms with Crippen molar-refractivity contribution in [1.29, 1.82) is 0 Å². The van der Waals surface area contributed by atoms with Gasteiger partial charge < -0.3 is 0 Å². The second kappa shape index (κ2) is 5.18. The monoisotopic (exact) mass is 164 g/mol. The molecule has 0 saturated carbocycles. The van der Waals surface area contributed by atoms with Crippen molar-refractivity contribution in [2.24, 2.45) is 0 Å². The van der Waals surface area contributed by atoms with Gasteiger partial charge in [-0.05, 0) is 25.7 Å². The average molecular weight is 164 g/mol. The molecule has 1 aliphatic carbocycles. The zero-order chi connectivity index (χ0) is 8.81. The van der Waals surface area contributed by atoms with Crippen LogP contribution in [0.5, 0.6) is 0 Å². The summed E-state index contributed by atoms with van der Waals surface area (Å²) < 4.78 is 0. The molecule has 0 aromatic carbocycles. The Labute approximate surface area is 76.4 Å². The Kier molecular flexibility index (Phi) is 4.13. The summed E-state index contributed by atoms with van der Waals surface area (Å²) in [6.07, 6.45) is 12.5. The summed E-state index contributed by atoms with van der Waals surface area (Å²) >= 11 is 0. The van der Waals surface area contributed by atoms with Crippen molar-refractivity contribution in [3.8, 4) is 0 Å². The molecule has 0 bridgehead atoms.